The molecule has 26 heavy (non-hydrogen) atoms. The molecule has 0 N–H and O–H groups in total. The fourth-order valence-corrected chi connectivity index (χ4v) is 4.33. The van der Waals surface area contributed by atoms with Crippen LogP contribution in [0.2, 0.25) is 5.15 Å². The first kappa shape index (κ1) is 13.2. The van der Waals surface area contributed by atoms with E-state index in [4.69, 9.17) is 17.1 Å². The van der Waals surface area contributed by atoms with Crippen molar-refractivity contribution in [3.8, 4) is 0 Å². The summed E-state index contributed by atoms with van der Waals surface area (Å²) < 4.78 is 76.8. The van der Waals surface area contributed by atoms with Gasteiger partial charge in [-0.15, -0.1) is 0 Å². The Hall–Kier alpha value is -2.04. The third-order valence-corrected chi connectivity index (χ3v) is 6.30. The molecule has 0 saturated carbocycles. The van der Waals surface area contributed by atoms with E-state index >= 15 is 0 Å². The molecule has 1 aliphatic rings. The highest BCUT2D eigenvalue weighted by atomic mass is 35.5. The van der Waals surface area contributed by atoms with Gasteiger partial charge in [0.2, 0.25) is 10.0 Å². The zero-order valence-corrected chi connectivity index (χ0v) is 15.0. The summed E-state index contributed by atoms with van der Waals surface area (Å²) in [4.78, 5) is 3.36. The highest BCUT2D eigenvalue weighted by Crippen LogP contribution is 2.33. The van der Waals surface area contributed by atoms with E-state index in [1.165, 1.54) is 24.1 Å². The third kappa shape index (κ3) is 2.78. The van der Waals surface area contributed by atoms with Gasteiger partial charge in [0, 0.05) is 43.4 Å². The average Bonchev–Trinajstić information content (AvgIpc) is 3.18. The molecule has 0 atom stereocenters. The highest BCUT2D eigenvalue weighted by Gasteiger charge is 2.33. The number of piperidine rings is 1. The summed E-state index contributed by atoms with van der Waals surface area (Å²) in [7, 11) is -3.28. The molecule has 0 unspecified atom stereocenters. The van der Waals surface area contributed by atoms with Crippen molar-refractivity contribution >= 4 is 27.3 Å². The first-order valence-corrected chi connectivity index (χ1v) is 9.38. The van der Waals surface area contributed by atoms with Crippen molar-refractivity contribution in [1.82, 2.24) is 28.7 Å². The first-order valence-electron chi connectivity index (χ1n) is 9.56. The van der Waals surface area contributed by atoms with Gasteiger partial charge in [0.25, 0.3) is 0 Å². The van der Waals surface area contributed by atoms with Crippen LogP contribution in [-0.2, 0) is 17.1 Å². The summed E-state index contributed by atoms with van der Waals surface area (Å²) in [5, 5.41) is 7.38. The van der Waals surface area contributed by atoms with Gasteiger partial charge in [0.1, 0.15) is 22.2 Å². The van der Waals surface area contributed by atoms with Gasteiger partial charge in [0.05, 0.1) is 6.20 Å². The molecule has 0 bridgehead atoms. The van der Waals surface area contributed by atoms with Gasteiger partial charge in [-0.05, 0) is 18.8 Å². The van der Waals surface area contributed by atoms with Gasteiger partial charge in [0.15, 0.2) is 5.65 Å². The predicted molar refractivity (Wildman–Crippen MR) is 91.9 cm³/mol. The fourth-order valence-electron chi connectivity index (χ4n) is 2.73. The summed E-state index contributed by atoms with van der Waals surface area (Å²) in [6.07, 6.45) is 2.54. The van der Waals surface area contributed by atoms with Crippen LogP contribution < -0.4 is 0 Å². The molecule has 1 fully saturated rings. The van der Waals surface area contributed by atoms with Crippen molar-refractivity contribution in [2.45, 2.75) is 23.7 Å². The minimum absolute atomic E-state index is 0.0252. The third-order valence-electron chi connectivity index (χ3n) is 4.15. The van der Waals surface area contributed by atoms with E-state index < -0.39 is 52.5 Å². The van der Waals surface area contributed by atoms with Crippen LogP contribution in [0.5, 0.6) is 0 Å². The van der Waals surface area contributed by atoms with E-state index in [-0.39, 0.29) is 20.7 Å². The number of sulfonamides is 1. The number of fused-ring (bicyclic) bond motifs is 1. The predicted octanol–water partition coefficient (Wildman–Crippen LogP) is 1.82. The monoisotopic (exact) mass is 402 g/mol. The van der Waals surface area contributed by atoms with Crippen LogP contribution in [0.25, 0.3) is 5.65 Å². The number of nitrogens with zero attached hydrogens (tertiary/aromatic N) is 6. The maximum Gasteiger partial charge on any atom is 0.247 e. The Balaban J connectivity index is 1.77. The standard InChI is InChI=1S/C15H16ClFN6O2S/c1-21-15(16)13(7-19-21)26(24,25)22-4-2-10(3-5-22)11-8-23-14(6-12(11)17)18-9-20-23/h6-10H,2-5H2,1H3/i4D2,5D2. The number of hydrogen-bond acceptors (Lipinski definition) is 5. The molecule has 3 aromatic rings. The van der Waals surface area contributed by atoms with Gasteiger partial charge < -0.3 is 0 Å². The maximum absolute atomic E-state index is 14.7. The Morgan fingerprint density at radius 2 is 2.08 bits per heavy atom. The highest BCUT2D eigenvalue weighted by molar-refractivity contribution is 7.89. The molecular formula is C15H16ClFN6O2S. The summed E-state index contributed by atoms with van der Waals surface area (Å²) >= 11 is 5.97. The van der Waals surface area contributed by atoms with Crippen molar-refractivity contribution < 1.29 is 18.3 Å². The lowest BCUT2D eigenvalue weighted by atomic mass is 9.91. The van der Waals surface area contributed by atoms with Crippen molar-refractivity contribution in [3.63, 3.8) is 0 Å². The van der Waals surface area contributed by atoms with Crippen LogP contribution in [0.3, 0.4) is 0 Å². The largest absolute Gasteiger partial charge is 0.256 e. The van der Waals surface area contributed by atoms with Crippen LogP contribution in [-0.4, -0.2) is 50.1 Å². The van der Waals surface area contributed by atoms with Crippen LogP contribution in [0, 0.1) is 5.82 Å². The van der Waals surface area contributed by atoms with Crippen LogP contribution in [0.15, 0.2) is 29.7 Å². The normalized spacial score (nSPS) is 23.3. The van der Waals surface area contributed by atoms with E-state index in [0.717, 1.165) is 16.9 Å². The molecule has 3 aromatic heterocycles. The lowest BCUT2D eigenvalue weighted by molar-refractivity contribution is 0.315. The molecule has 138 valence electrons. The molecule has 0 aromatic carbocycles. The van der Waals surface area contributed by atoms with Gasteiger partial charge >= 0.3 is 0 Å². The SMILES string of the molecule is [2H]C1([2H])CC(c2cn3ncnc3cc2F)CC([2H])([2H])N1S(=O)(=O)c1cnn(C)c1Cl. The summed E-state index contributed by atoms with van der Waals surface area (Å²) in [6.45, 7) is -5.34. The Bertz CT molecular complexity index is 1230. The van der Waals surface area contributed by atoms with Gasteiger partial charge in [-0.2, -0.15) is 14.5 Å². The number of aryl methyl sites for hydroxylation is 1. The molecule has 8 nitrogen and oxygen atoms in total. The number of hydrogen-bond donors (Lipinski definition) is 0. The van der Waals surface area contributed by atoms with Crippen molar-refractivity contribution in [3.05, 3.63) is 41.3 Å². The maximum atomic E-state index is 14.7. The number of pyridine rings is 1. The fraction of sp³-hybridized carbons (Fsp3) is 0.400. The van der Waals surface area contributed by atoms with E-state index in [2.05, 4.69) is 15.2 Å². The molecule has 0 spiro atoms. The van der Waals surface area contributed by atoms with E-state index in [9.17, 15) is 12.8 Å². The van der Waals surface area contributed by atoms with Crippen molar-refractivity contribution in [1.29, 1.82) is 0 Å². The number of aromatic nitrogens is 5. The molecule has 0 aliphatic carbocycles. The second-order valence-electron chi connectivity index (χ2n) is 5.75. The van der Waals surface area contributed by atoms with Gasteiger partial charge in [-0.3, -0.25) is 4.68 Å². The summed E-state index contributed by atoms with van der Waals surface area (Å²) in [5.74, 6) is -1.64. The van der Waals surface area contributed by atoms with E-state index in [1.54, 1.807) is 0 Å². The second-order valence-corrected chi connectivity index (χ2v) is 7.87. The van der Waals surface area contributed by atoms with Crippen LogP contribution in [0.1, 0.15) is 29.8 Å². The van der Waals surface area contributed by atoms with Crippen LogP contribution in [0.4, 0.5) is 4.39 Å². The molecule has 1 aliphatic heterocycles. The first-order chi connectivity index (χ1) is 13.8. The van der Waals surface area contributed by atoms with Gasteiger partial charge in [-0.25, -0.2) is 22.3 Å². The zero-order chi connectivity index (χ0) is 22.1. The summed E-state index contributed by atoms with van der Waals surface area (Å²) in [6, 6.07) is 1.12. The Labute approximate surface area is 159 Å². The molecule has 4 heterocycles. The lowest BCUT2D eigenvalue weighted by Crippen LogP contribution is -2.38. The molecular weight excluding hydrogens is 383 g/mol. The molecule has 0 radical (unpaired) electrons. The average molecular weight is 403 g/mol. The Morgan fingerprint density at radius 1 is 1.35 bits per heavy atom. The number of rotatable bonds is 3. The van der Waals surface area contributed by atoms with Gasteiger partial charge in [-0.1, -0.05) is 11.6 Å². The zero-order valence-electron chi connectivity index (χ0n) is 17.5. The molecule has 11 heteroatoms. The minimum Gasteiger partial charge on any atom is -0.256 e. The van der Waals surface area contributed by atoms with Crippen molar-refractivity contribution in [2.75, 3.05) is 13.0 Å². The second kappa shape index (κ2) is 6.29. The molecule has 1 saturated heterocycles. The van der Waals surface area contributed by atoms with E-state index in [1.807, 2.05) is 0 Å². The smallest absolute Gasteiger partial charge is 0.247 e. The number of halogens is 2. The summed E-state index contributed by atoms with van der Waals surface area (Å²) in [5.41, 5.74) is 0.269. The van der Waals surface area contributed by atoms with E-state index in [0.29, 0.717) is 0 Å². The Kier molecular flexibility index (Phi) is 3.19. The van der Waals surface area contributed by atoms with Crippen molar-refractivity contribution in [2.24, 2.45) is 7.05 Å². The lowest BCUT2D eigenvalue weighted by Gasteiger charge is -2.31. The molecule has 4 rings (SSSR count). The minimum atomic E-state index is -4.68. The topological polar surface area (TPSA) is 85.4 Å². The van der Waals surface area contributed by atoms with Crippen LogP contribution >= 0.6 is 11.6 Å². The molecule has 0 amide bonds. The quantitative estimate of drug-likeness (QED) is 0.667. The Morgan fingerprint density at radius 3 is 2.73 bits per heavy atom.